The van der Waals surface area contributed by atoms with Gasteiger partial charge in [-0.15, -0.1) is 0 Å². The largest absolute Gasteiger partial charge is 0.489 e. The number of rotatable bonds is 5. The van der Waals surface area contributed by atoms with Crippen LogP contribution in [0, 0.1) is 0 Å². The summed E-state index contributed by atoms with van der Waals surface area (Å²) in [7, 11) is 0. The molecular formula is C12H17NO. The highest BCUT2D eigenvalue weighted by Gasteiger charge is 1.96. The smallest absolute Gasteiger partial charge is 0.120 e. The summed E-state index contributed by atoms with van der Waals surface area (Å²) in [5.41, 5.74) is 7.71. The van der Waals surface area contributed by atoms with E-state index in [1.807, 2.05) is 25.1 Å². The van der Waals surface area contributed by atoms with E-state index in [2.05, 4.69) is 12.6 Å². The first-order valence-electron chi connectivity index (χ1n) is 4.78. The first-order chi connectivity index (χ1) is 6.72. The summed E-state index contributed by atoms with van der Waals surface area (Å²) in [6.07, 6.45) is 0.893. The lowest BCUT2D eigenvalue weighted by atomic mass is 10.1. The molecule has 0 saturated carbocycles. The highest BCUT2D eigenvalue weighted by Crippen LogP contribution is 2.14. The molecule has 0 aliphatic carbocycles. The Morgan fingerprint density at radius 1 is 1.50 bits per heavy atom. The average Bonchev–Trinajstić information content (AvgIpc) is 2.16. The molecule has 1 aromatic rings. The Morgan fingerprint density at radius 2 is 2.29 bits per heavy atom. The van der Waals surface area contributed by atoms with Crippen LogP contribution in [-0.4, -0.2) is 13.2 Å². The summed E-state index contributed by atoms with van der Waals surface area (Å²) in [6, 6.07) is 8.01. The van der Waals surface area contributed by atoms with Crippen LogP contribution < -0.4 is 10.5 Å². The molecule has 1 aromatic carbocycles. The molecule has 0 amide bonds. The molecule has 0 bridgehead atoms. The van der Waals surface area contributed by atoms with Gasteiger partial charge in [-0.25, -0.2) is 0 Å². The molecule has 2 N–H and O–H groups in total. The van der Waals surface area contributed by atoms with Crippen LogP contribution in [-0.2, 0) is 6.42 Å². The average molecular weight is 191 g/mol. The lowest BCUT2D eigenvalue weighted by Crippen LogP contribution is -2.03. The second-order valence-corrected chi connectivity index (χ2v) is 3.43. The van der Waals surface area contributed by atoms with E-state index in [-0.39, 0.29) is 0 Å². The van der Waals surface area contributed by atoms with Crippen molar-refractivity contribution in [2.24, 2.45) is 5.73 Å². The normalized spacial score (nSPS) is 9.86. The van der Waals surface area contributed by atoms with E-state index in [1.165, 1.54) is 5.56 Å². The van der Waals surface area contributed by atoms with Gasteiger partial charge < -0.3 is 10.5 Å². The van der Waals surface area contributed by atoms with Crippen molar-refractivity contribution in [3.05, 3.63) is 42.0 Å². The van der Waals surface area contributed by atoms with E-state index in [4.69, 9.17) is 10.5 Å². The zero-order valence-electron chi connectivity index (χ0n) is 8.62. The van der Waals surface area contributed by atoms with E-state index in [0.717, 1.165) is 17.7 Å². The van der Waals surface area contributed by atoms with Crippen molar-refractivity contribution in [3.63, 3.8) is 0 Å². The first-order valence-corrected chi connectivity index (χ1v) is 4.78. The minimum absolute atomic E-state index is 0.575. The summed E-state index contributed by atoms with van der Waals surface area (Å²) >= 11 is 0. The first kappa shape index (κ1) is 10.8. The minimum atomic E-state index is 0.575. The number of nitrogens with two attached hydrogens (primary N) is 1. The molecule has 0 aliphatic heterocycles. The summed E-state index contributed by atoms with van der Waals surface area (Å²) in [6.45, 7) is 6.98. The van der Waals surface area contributed by atoms with Crippen LogP contribution in [0.3, 0.4) is 0 Å². The van der Waals surface area contributed by atoms with E-state index in [1.54, 1.807) is 0 Å². The number of benzene rings is 1. The Bertz CT molecular complexity index is 307. The van der Waals surface area contributed by atoms with Crippen molar-refractivity contribution >= 4 is 0 Å². The zero-order chi connectivity index (χ0) is 10.4. The Kier molecular flexibility index (Phi) is 4.20. The molecule has 76 valence electrons. The fourth-order valence-electron chi connectivity index (χ4n) is 1.16. The maximum absolute atomic E-state index is 5.51. The highest BCUT2D eigenvalue weighted by atomic mass is 16.5. The Labute approximate surface area is 85.4 Å². The molecule has 0 spiro atoms. The highest BCUT2D eigenvalue weighted by molar-refractivity contribution is 5.29. The van der Waals surface area contributed by atoms with Gasteiger partial charge in [-0.05, 0) is 43.2 Å². The SMILES string of the molecule is C=C(C)COc1cccc(CCN)c1. The van der Waals surface area contributed by atoms with Gasteiger partial charge in [-0.3, -0.25) is 0 Å². The van der Waals surface area contributed by atoms with Gasteiger partial charge in [0.25, 0.3) is 0 Å². The van der Waals surface area contributed by atoms with Gasteiger partial charge in [-0.2, -0.15) is 0 Å². The topological polar surface area (TPSA) is 35.2 Å². The standard InChI is InChI=1S/C12H17NO/c1-10(2)9-14-12-5-3-4-11(8-12)6-7-13/h3-5,8H,1,6-7,9,13H2,2H3. The molecule has 1 rings (SSSR count). The van der Waals surface area contributed by atoms with Crippen LogP contribution in [0.2, 0.25) is 0 Å². The van der Waals surface area contributed by atoms with Crippen molar-refractivity contribution in [2.45, 2.75) is 13.3 Å². The maximum atomic E-state index is 5.51. The summed E-state index contributed by atoms with van der Waals surface area (Å²) < 4.78 is 5.51. The second kappa shape index (κ2) is 5.45. The molecule has 0 heterocycles. The molecule has 0 aromatic heterocycles. The molecule has 2 heteroatoms. The van der Waals surface area contributed by atoms with Gasteiger partial charge in [0.05, 0.1) is 0 Å². The van der Waals surface area contributed by atoms with Crippen LogP contribution >= 0.6 is 0 Å². The van der Waals surface area contributed by atoms with Gasteiger partial charge in [-0.1, -0.05) is 18.7 Å². The monoisotopic (exact) mass is 191 g/mol. The summed E-state index contributed by atoms with van der Waals surface area (Å²) in [5, 5.41) is 0. The quantitative estimate of drug-likeness (QED) is 0.724. The molecule has 0 aliphatic rings. The fourth-order valence-corrected chi connectivity index (χ4v) is 1.16. The number of hydrogen-bond donors (Lipinski definition) is 1. The molecule has 0 radical (unpaired) electrons. The van der Waals surface area contributed by atoms with Crippen LogP contribution in [0.1, 0.15) is 12.5 Å². The molecule has 0 saturated heterocycles. The van der Waals surface area contributed by atoms with E-state index in [0.29, 0.717) is 13.2 Å². The lowest BCUT2D eigenvalue weighted by molar-refractivity contribution is 0.352. The second-order valence-electron chi connectivity index (χ2n) is 3.43. The van der Waals surface area contributed by atoms with Gasteiger partial charge in [0, 0.05) is 0 Å². The molecule has 14 heavy (non-hydrogen) atoms. The number of ether oxygens (including phenoxy) is 1. The van der Waals surface area contributed by atoms with Gasteiger partial charge in [0.1, 0.15) is 12.4 Å². The van der Waals surface area contributed by atoms with Gasteiger partial charge in [0.2, 0.25) is 0 Å². The molecule has 0 unspecified atom stereocenters. The van der Waals surface area contributed by atoms with Crippen molar-refractivity contribution in [2.75, 3.05) is 13.2 Å². The fraction of sp³-hybridized carbons (Fsp3) is 0.333. The van der Waals surface area contributed by atoms with Crippen molar-refractivity contribution in [1.29, 1.82) is 0 Å². The Balaban J connectivity index is 2.58. The minimum Gasteiger partial charge on any atom is -0.489 e. The third-order valence-corrected chi connectivity index (χ3v) is 1.82. The third-order valence-electron chi connectivity index (χ3n) is 1.82. The predicted octanol–water partition coefficient (Wildman–Crippen LogP) is 2.14. The van der Waals surface area contributed by atoms with Gasteiger partial charge >= 0.3 is 0 Å². The predicted molar refractivity (Wildman–Crippen MR) is 59.5 cm³/mol. The zero-order valence-corrected chi connectivity index (χ0v) is 8.62. The van der Waals surface area contributed by atoms with Crippen LogP contribution in [0.5, 0.6) is 5.75 Å². The Hall–Kier alpha value is -1.28. The summed E-state index contributed by atoms with van der Waals surface area (Å²) in [5.74, 6) is 0.888. The van der Waals surface area contributed by atoms with E-state index < -0.39 is 0 Å². The van der Waals surface area contributed by atoms with Crippen molar-refractivity contribution in [3.8, 4) is 5.75 Å². The van der Waals surface area contributed by atoms with Crippen molar-refractivity contribution in [1.82, 2.24) is 0 Å². The van der Waals surface area contributed by atoms with Crippen LogP contribution in [0.25, 0.3) is 0 Å². The molecule has 0 atom stereocenters. The van der Waals surface area contributed by atoms with Crippen molar-refractivity contribution < 1.29 is 4.74 Å². The summed E-state index contributed by atoms with van der Waals surface area (Å²) in [4.78, 5) is 0. The van der Waals surface area contributed by atoms with E-state index in [9.17, 15) is 0 Å². The van der Waals surface area contributed by atoms with Gasteiger partial charge in [0.15, 0.2) is 0 Å². The maximum Gasteiger partial charge on any atom is 0.120 e. The molecule has 2 nitrogen and oxygen atoms in total. The lowest BCUT2D eigenvalue weighted by Gasteiger charge is -2.07. The number of hydrogen-bond acceptors (Lipinski definition) is 2. The van der Waals surface area contributed by atoms with Crippen LogP contribution in [0.4, 0.5) is 0 Å². The molecule has 0 fully saturated rings. The van der Waals surface area contributed by atoms with E-state index >= 15 is 0 Å². The third kappa shape index (κ3) is 3.62. The molecular weight excluding hydrogens is 174 g/mol. The Morgan fingerprint density at radius 3 is 2.93 bits per heavy atom. The van der Waals surface area contributed by atoms with Crippen LogP contribution in [0.15, 0.2) is 36.4 Å².